The molecule has 2 heterocycles. The number of fused-ring (bicyclic) bond motifs is 1. The Kier molecular flexibility index (Phi) is 7.95. The van der Waals surface area contributed by atoms with Gasteiger partial charge in [0.1, 0.15) is 6.54 Å². The molecule has 1 saturated carbocycles. The van der Waals surface area contributed by atoms with Crippen LogP contribution in [0.3, 0.4) is 0 Å². The molecule has 1 atom stereocenters. The van der Waals surface area contributed by atoms with Crippen molar-refractivity contribution in [3.8, 4) is 0 Å². The summed E-state index contributed by atoms with van der Waals surface area (Å²) in [6, 6.07) is 8.26. The number of aromatic amines is 1. The highest BCUT2D eigenvalue weighted by molar-refractivity contribution is 5.79. The first-order valence-corrected chi connectivity index (χ1v) is 12.7. The van der Waals surface area contributed by atoms with Gasteiger partial charge in [-0.05, 0) is 66.1 Å². The molecule has 9 nitrogen and oxygen atoms in total. The van der Waals surface area contributed by atoms with E-state index in [0.717, 1.165) is 47.7 Å². The summed E-state index contributed by atoms with van der Waals surface area (Å²) in [7, 11) is 0. The van der Waals surface area contributed by atoms with Gasteiger partial charge in [0.05, 0.1) is 12.6 Å². The highest BCUT2D eigenvalue weighted by Crippen LogP contribution is 2.35. The molecule has 0 aliphatic heterocycles. The van der Waals surface area contributed by atoms with Crippen LogP contribution in [0, 0.1) is 12.8 Å². The van der Waals surface area contributed by atoms with Crippen LogP contribution < -0.4 is 5.56 Å². The van der Waals surface area contributed by atoms with Crippen LogP contribution in [0.4, 0.5) is 0 Å². The number of pyridine rings is 1. The van der Waals surface area contributed by atoms with E-state index in [1.54, 1.807) is 11.6 Å². The van der Waals surface area contributed by atoms with E-state index < -0.39 is 0 Å². The first kappa shape index (κ1) is 25.0. The molecule has 9 heteroatoms. The molecule has 0 unspecified atom stereocenters. The van der Waals surface area contributed by atoms with Crippen molar-refractivity contribution in [2.24, 2.45) is 5.92 Å². The van der Waals surface area contributed by atoms with Gasteiger partial charge in [0, 0.05) is 23.7 Å². The number of H-pyrrole nitrogens is 1. The molecule has 2 aromatic heterocycles. The summed E-state index contributed by atoms with van der Waals surface area (Å²) >= 11 is 0. The predicted octanol–water partition coefficient (Wildman–Crippen LogP) is 3.92. The van der Waals surface area contributed by atoms with Gasteiger partial charge < -0.3 is 9.72 Å². The Morgan fingerprint density at radius 1 is 1.23 bits per heavy atom. The average Bonchev–Trinajstić information content (AvgIpc) is 3.27. The van der Waals surface area contributed by atoms with Gasteiger partial charge in [-0.15, -0.1) is 5.10 Å². The molecule has 1 aliphatic rings. The zero-order valence-corrected chi connectivity index (χ0v) is 21.2. The lowest BCUT2D eigenvalue weighted by Crippen LogP contribution is -2.43. The lowest BCUT2D eigenvalue weighted by Gasteiger charge is -2.41. The summed E-state index contributed by atoms with van der Waals surface area (Å²) < 4.78 is 6.68. The second-order valence-corrected chi connectivity index (χ2v) is 9.87. The second kappa shape index (κ2) is 11.1. The van der Waals surface area contributed by atoms with Crippen molar-refractivity contribution < 1.29 is 9.53 Å². The monoisotopic (exact) mass is 480 g/mol. The fourth-order valence-electron chi connectivity index (χ4n) is 5.24. The average molecular weight is 481 g/mol. The smallest absolute Gasteiger partial charge is 0.327 e. The maximum absolute atomic E-state index is 13.1. The third-order valence-electron chi connectivity index (χ3n) is 6.87. The SMILES string of the molecule is CCOC(=O)Cn1nnnc1[C@@H](C(C)C)N(Cc1cc2ccc(C)cc2[nH]c1=O)C1CCCCC1. The van der Waals surface area contributed by atoms with E-state index in [2.05, 4.69) is 51.4 Å². The van der Waals surface area contributed by atoms with Gasteiger partial charge in [0.15, 0.2) is 5.82 Å². The molecule has 35 heavy (non-hydrogen) atoms. The van der Waals surface area contributed by atoms with Crippen LogP contribution in [0.5, 0.6) is 0 Å². The van der Waals surface area contributed by atoms with Crippen molar-refractivity contribution in [2.45, 2.75) is 85.0 Å². The molecular weight excluding hydrogens is 444 g/mol. The first-order chi connectivity index (χ1) is 16.9. The van der Waals surface area contributed by atoms with Gasteiger partial charge in [-0.1, -0.05) is 45.2 Å². The molecule has 1 aromatic carbocycles. The number of esters is 1. The lowest BCUT2D eigenvalue weighted by molar-refractivity contribution is -0.144. The van der Waals surface area contributed by atoms with E-state index in [4.69, 9.17) is 4.74 Å². The number of carbonyl (C=O) groups is 1. The van der Waals surface area contributed by atoms with Gasteiger partial charge in [-0.2, -0.15) is 0 Å². The Balaban J connectivity index is 1.73. The van der Waals surface area contributed by atoms with Gasteiger partial charge in [-0.3, -0.25) is 14.5 Å². The Bertz CT molecular complexity index is 1210. The van der Waals surface area contributed by atoms with E-state index in [1.807, 2.05) is 19.1 Å². The molecule has 1 aliphatic carbocycles. The Morgan fingerprint density at radius 3 is 2.71 bits per heavy atom. The number of ether oxygens (including phenoxy) is 1. The summed E-state index contributed by atoms with van der Waals surface area (Å²) in [6.07, 6.45) is 5.67. The van der Waals surface area contributed by atoms with Crippen LogP contribution in [0.15, 0.2) is 29.1 Å². The van der Waals surface area contributed by atoms with Crippen LogP contribution in [-0.4, -0.2) is 48.7 Å². The Hall–Kier alpha value is -3.07. The summed E-state index contributed by atoms with van der Waals surface area (Å²) in [5.74, 6) is 0.423. The maximum atomic E-state index is 13.1. The molecule has 0 amide bonds. The van der Waals surface area contributed by atoms with E-state index in [9.17, 15) is 9.59 Å². The minimum Gasteiger partial charge on any atom is -0.465 e. The topological polar surface area (TPSA) is 106 Å². The number of carbonyl (C=O) groups excluding carboxylic acids is 1. The number of nitrogens with zero attached hydrogens (tertiary/aromatic N) is 5. The highest BCUT2D eigenvalue weighted by Gasteiger charge is 2.35. The van der Waals surface area contributed by atoms with Crippen LogP contribution >= 0.6 is 0 Å². The normalized spacial score (nSPS) is 15.7. The standard InChI is InChI=1S/C26H36N6O3/c1-5-35-23(33)16-32-25(28-29-30-32)24(17(2)3)31(21-9-7-6-8-10-21)15-20-14-19-12-11-18(4)13-22(19)27-26(20)34/h11-14,17,21,24H,5-10,15-16H2,1-4H3,(H,27,34)/t24-/m1/s1. The molecule has 188 valence electrons. The van der Waals surface area contributed by atoms with E-state index in [1.165, 1.54) is 6.42 Å². The molecule has 0 bridgehead atoms. The quantitative estimate of drug-likeness (QED) is 0.463. The van der Waals surface area contributed by atoms with Crippen LogP contribution in [-0.2, 0) is 22.6 Å². The zero-order valence-electron chi connectivity index (χ0n) is 21.2. The molecule has 3 aromatic rings. The van der Waals surface area contributed by atoms with Crippen LogP contribution in [0.25, 0.3) is 10.9 Å². The number of benzene rings is 1. The molecule has 0 saturated heterocycles. The first-order valence-electron chi connectivity index (χ1n) is 12.7. The van der Waals surface area contributed by atoms with Crippen LogP contribution in [0.1, 0.15) is 75.9 Å². The van der Waals surface area contributed by atoms with Gasteiger partial charge in [0.25, 0.3) is 5.56 Å². The minimum atomic E-state index is -0.367. The van der Waals surface area contributed by atoms with E-state index in [-0.39, 0.29) is 30.0 Å². The number of rotatable bonds is 9. The number of nitrogens with one attached hydrogen (secondary N) is 1. The molecule has 0 spiro atoms. The van der Waals surface area contributed by atoms with Crippen molar-refractivity contribution in [3.05, 3.63) is 51.6 Å². The van der Waals surface area contributed by atoms with E-state index >= 15 is 0 Å². The number of hydrogen-bond donors (Lipinski definition) is 1. The molecular formula is C26H36N6O3. The van der Waals surface area contributed by atoms with Gasteiger partial charge in [0.2, 0.25) is 0 Å². The van der Waals surface area contributed by atoms with Crippen LogP contribution in [0.2, 0.25) is 0 Å². The number of tetrazole rings is 1. The summed E-state index contributed by atoms with van der Waals surface area (Å²) in [5, 5.41) is 13.4. The minimum absolute atomic E-state index is 0.0339. The maximum Gasteiger partial charge on any atom is 0.327 e. The zero-order chi connectivity index (χ0) is 24.9. The number of hydrogen-bond acceptors (Lipinski definition) is 7. The molecule has 0 radical (unpaired) electrons. The van der Waals surface area contributed by atoms with Gasteiger partial charge >= 0.3 is 5.97 Å². The molecule has 4 rings (SSSR count). The van der Waals surface area contributed by atoms with E-state index in [0.29, 0.717) is 25.0 Å². The summed E-state index contributed by atoms with van der Waals surface area (Å²) in [6.45, 7) is 8.83. The number of aryl methyl sites for hydroxylation is 1. The Labute approximate surface area is 205 Å². The van der Waals surface area contributed by atoms with Crippen molar-refractivity contribution >= 4 is 16.9 Å². The third kappa shape index (κ3) is 5.78. The summed E-state index contributed by atoms with van der Waals surface area (Å²) in [5.41, 5.74) is 2.61. The van der Waals surface area contributed by atoms with Crippen molar-refractivity contribution in [1.82, 2.24) is 30.1 Å². The van der Waals surface area contributed by atoms with Crippen molar-refractivity contribution in [1.29, 1.82) is 0 Å². The van der Waals surface area contributed by atoms with Gasteiger partial charge in [-0.25, -0.2) is 4.68 Å². The summed E-state index contributed by atoms with van der Waals surface area (Å²) in [4.78, 5) is 30.8. The van der Waals surface area contributed by atoms with Crippen molar-refractivity contribution in [2.75, 3.05) is 6.61 Å². The molecule has 1 N–H and O–H groups in total. The lowest BCUT2D eigenvalue weighted by atomic mass is 9.90. The third-order valence-corrected chi connectivity index (χ3v) is 6.87. The largest absolute Gasteiger partial charge is 0.465 e. The van der Waals surface area contributed by atoms with Crippen molar-refractivity contribution in [3.63, 3.8) is 0 Å². The molecule has 1 fully saturated rings. The highest BCUT2D eigenvalue weighted by atomic mass is 16.5. The fourth-order valence-corrected chi connectivity index (χ4v) is 5.24. The Morgan fingerprint density at radius 2 is 2.00 bits per heavy atom. The number of aromatic nitrogens is 5. The second-order valence-electron chi connectivity index (χ2n) is 9.87. The fraction of sp³-hybridized carbons (Fsp3) is 0.577. The predicted molar refractivity (Wildman–Crippen MR) is 134 cm³/mol.